The second kappa shape index (κ2) is 12.4. The lowest BCUT2D eigenvalue weighted by Crippen LogP contribution is -2.43. The number of nitrogens with zero attached hydrogens (tertiary/aromatic N) is 2. The van der Waals surface area contributed by atoms with Crippen molar-refractivity contribution in [2.75, 3.05) is 25.0 Å². The standard InChI is InChI=1S/C23H26BrClFN3O5/c24-16-8-9-17(26)19(20(16)25)23(33)34-29(18(10-13-30)22(31)32)12-2-1-5-15-7-6-14-4-3-11-27-21(14)28-15/h6-9,18,30H,1-5,10-13H2,(H,27,28)(H,31,32)/t18-/m0/s1. The number of carbonyl (C=O) groups is 2. The second-order valence-electron chi connectivity index (χ2n) is 7.90. The van der Waals surface area contributed by atoms with Gasteiger partial charge in [-0.25, -0.2) is 14.2 Å². The maximum atomic E-state index is 14.3. The largest absolute Gasteiger partial charge is 0.480 e. The van der Waals surface area contributed by atoms with Crippen LogP contribution >= 0.6 is 27.5 Å². The highest BCUT2D eigenvalue weighted by Gasteiger charge is 2.30. The number of hydrogen-bond acceptors (Lipinski definition) is 7. The van der Waals surface area contributed by atoms with Gasteiger partial charge in [0, 0.05) is 29.9 Å². The van der Waals surface area contributed by atoms with Crippen molar-refractivity contribution in [3.05, 3.63) is 56.4 Å². The minimum atomic E-state index is -1.30. The number of rotatable bonds is 11. The number of benzene rings is 1. The Morgan fingerprint density at radius 2 is 2.09 bits per heavy atom. The highest BCUT2D eigenvalue weighted by Crippen LogP contribution is 2.29. The van der Waals surface area contributed by atoms with Crippen LogP contribution in [0, 0.1) is 5.82 Å². The Morgan fingerprint density at radius 3 is 2.82 bits per heavy atom. The van der Waals surface area contributed by atoms with Crippen molar-refractivity contribution >= 4 is 45.3 Å². The molecule has 0 fully saturated rings. The number of carboxylic acids is 1. The van der Waals surface area contributed by atoms with E-state index in [0.29, 0.717) is 23.7 Å². The predicted octanol–water partition coefficient (Wildman–Crippen LogP) is 4.23. The minimum Gasteiger partial charge on any atom is -0.480 e. The van der Waals surface area contributed by atoms with E-state index in [1.54, 1.807) is 0 Å². The Kier molecular flexibility index (Phi) is 9.63. The smallest absolute Gasteiger partial charge is 0.361 e. The number of fused-ring (bicyclic) bond motifs is 1. The number of unbranched alkanes of at least 4 members (excludes halogenated alkanes) is 1. The van der Waals surface area contributed by atoms with E-state index in [1.807, 2.05) is 6.07 Å². The fraction of sp³-hybridized carbons (Fsp3) is 0.435. The van der Waals surface area contributed by atoms with E-state index in [9.17, 15) is 24.2 Å². The molecule has 1 aromatic heterocycles. The van der Waals surface area contributed by atoms with E-state index in [2.05, 4.69) is 32.3 Å². The number of aryl methyl sites for hydroxylation is 2. The summed E-state index contributed by atoms with van der Waals surface area (Å²) in [7, 11) is 0. The van der Waals surface area contributed by atoms with E-state index in [4.69, 9.17) is 16.4 Å². The SMILES string of the molecule is O=C(ON(CCCCc1ccc2c(n1)NCCC2)[C@@H](CCO)C(=O)O)c1c(F)ccc(Br)c1Cl. The Bertz CT molecular complexity index is 1040. The van der Waals surface area contributed by atoms with Crippen LogP contribution in [0.4, 0.5) is 10.2 Å². The molecule has 1 aromatic carbocycles. The van der Waals surface area contributed by atoms with Crippen molar-refractivity contribution in [1.82, 2.24) is 10.0 Å². The molecule has 0 saturated carbocycles. The van der Waals surface area contributed by atoms with Gasteiger partial charge >= 0.3 is 11.9 Å². The number of nitrogens with one attached hydrogen (secondary N) is 1. The lowest BCUT2D eigenvalue weighted by Gasteiger charge is -2.27. The molecular formula is C23H26BrClFN3O5. The molecule has 0 aliphatic carbocycles. The molecule has 0 unspecified atom stereocenters. The van der Waals surface area contributed by atoms with Crippen molar-refractivity contribution in [1.29, 1.82) is 0 Å². The zero-order chi connectivity index (χ0) is 24.7. The van der Waals surface area contributed by atoms with Crippen molar-refractivity contribution in [2.45, 2.75) is 44.6 Å². The third kappa shape index (κ3) is 6.65. The molecule has 1 atom stereocenters. The fourth-order valence-electron chi connectivity index (χ4n) is 3.73. The van der Waals surface area contributed by atoms with E-state index >= 15 is 0 Å². The van der Waals surface area contributed by atoms with Crippen LogP contribution in [0.2, 0.25) is 5.02 Å². The third-order valence-corrected chi connectivity index (χ3v) is 6.78. The normalized spacial score (nSPS) is 13.8. The summed E-state index contributed by atoms with van der Waals surface area (Å²) < 4.78 is 14.6. The molecule has 0 bridgehead atoms. The number of aliphatic hydroxyl groups excluding tert-OH is 1. The van der Waals surface area contributed by atoms with Crippen LogP contribution in [0.3, 0.4) is 0 Å². The summed E-state index contributed by atoms with van der Waals surface area (Å²) in [6.45, 7) is 0.538. The number of aliphatic hydroxyl groups is 1. The lowest BCUT2D eigenvalue weighted by atomic mass is 10.1. The molecule has 184 valence electrons. The van der Waals surface area contributed by atoms with Crippen LogP contribution in [0.25, 0.3) is 0 Å². The van der Waals surface area contributed by atoms with Gasteiger partial charge in [0.15, 0.2) is 0 Å². The Balaban J connectivity index is 1.67. The van der Waals surface area contributed by atoms with Crippen LogP contribution in [-0.2, 0) is 22.5 Å². The topological polar surface area (TPSA) is 112 Å². The van der Waals surface area contributed by atoms with E-state index in [-0.39, 0.29) is 18.0 Å². The molecule has 0 amide bonds. The molecule has 0 radical (unpaired) electrons. The molecule has 2 heterocycles. The van der Waals surface area contributed by atoms with Gasteiger partial charge in [0.2, 0.25) is 0 Å². The Labute approximate surface area is 210 Å². The van der Waals surface area contributed by atoms with E-state index < -0.39 is 36.0 Å². The molecule has 2 aromatic rings. The van der Waals surface area contributed by atoms with Gasteiger partial charge < -0.3 is 20.4 Å². The van der Waals surface area contributed by atoms with Gasteiger partial charge in [0.05, 0.1) is 5.02 Å². The van der Waals surface area contributed by atoms with Gasteiger partial charge in [-0.05, 0) is 78.2 Å². The minimum absolute atomic E-state index is 0.0686. The van der Waals surface area contributed by atoms with Gasteiger partial charge in [-0.1, -0.05) is 17.7 Å². The molecule has 0 saturated heterocycles. The summed E-state index contributed by atoms with van der Waals surface area (Å²) in [4.78, 5) is 34.4. The second-order valence-corrected chi connectivity index (χ2v) is 9.13. The number of anilines is 1. The highest BCUT2D eigenvalue weighted by molar-refractivity contribution is 9.10. The van der Waals surface area contributed by atoms with Crippen LogP contribution in [0.15, 0.2) is 28.7 Å². The maximum Gasteiger partial charge on any atom is 0.361 e. The number of hydroxylamine groups is 2. The maximum absolute atomic E-state index is 14.3. The summed E-state index contributed by atoms with van der Waals surface area (Å²) in [5, 5.41) is 23.0. The zero-order valence-electron chi connectivity index (χ0n) is 18.4. The Morgan fingerprint density at radius 1 is 1.29 bits per heavy atom. The van der Waals surface area contributed by atoms with Gasteiger partial charge in [-0.15, -0.1) is 5.06 Å². The van der Waals surface area contributed by atoms with Crippen molar-refractivity contribution < 1.29 is 29.0 Å². The molecule has 8 nitrogen and oxygen atoms in total. The van der Waals surface area contributed by atoms with Gasteiger partial charge in [0.1, 0.15) is 23.2 Å². The molecule has 34 heavy (non-hydrogen) atoms. The van der Waals surface area contributed by atoms with E-state index in [1.165, 1.54) is 11.6 Å². The quantitative estimate of drug-likeness (QED) is 0.213. The van der Waals surface area contributed by atoms with Crippen LogP contribution in [0.1, 0.15) is 47.3 Å². The number of carbonyl (C=O) groups excluding carboxylic acids is 1. The average molecular weight is 559 g/mol. The summed E-state index contributed by atoms with van der Waals surface area (Å²) in [5.41, 5.74) is 1.60. The highest BCUT2D eigenvalue weighted by atomic mass is 79.9. The predicted molar refractivity (Wildman–Crippen MR) is 128 cm³/mol. The van der Waals surface area contributed by atoms with Crippen molar-refractivity contribution in [2.24, 2.45) is 0 Å². The van der Waals surface area contributed by atoms with Crippen molar-refractivity contribution in [3.8, 4) is 0 Å². The number of carboxylic acid groups (broad SMARTS) is 1. The fourth-order valence-corrected chi connectivity index (χ4v) is 4.29. The molecular weight excluding hydrogens is 533 g/mol. The number of aliphatic carboxylic acids is 1. The monoisotopic (exact) mass is 557 g/mol. The number of pyridine rings is 1. The average Bonchev–Trinajstić information content (AvgIpc) is 2.82. The van der Waals surface area contributed by atoms with E-state index in [0.717, 1.165) is 42.0 Å². The molecule has 11 heteroatoms. The van der Waals surface area contributed by atoms with Gasteiger partial charge in [-0.2, -0.15) is 0 Å². The van der Waals surface area contributed by atoms with Crippen LogP contribution in [-0.4, -0.2) is 57.9 Å². The number of aromatic nitrogens is 1. The summed E-state index contributed by atoms with van der Waals surface area (Å²) in [6, 6.07) is 5.15. The van der Waals surface area contributed by atoms with Crippen molar-refractivity contribution in [3.63, 3.8) is 0 Å². The summed E-state index contributed by atoms with van der Waals surface area (Å²) >= 11 is 9.18. The molecule has 3 N–H and O–H groups in total. The Hall–Kier alpha value is -2.27. The molecule has 3 rings (SSSR count). The summed E-state index contributed by atoms with van der Waals surface area (Å²) in [5.74, 6) is -2.37. The van der Waals surface area contributed by atoms with Gasteiger partial charge in [0.25, 0.3) is 0 Å². The number of hydrogen-bond donors (Lipinski definition) is 3. The molecule has 0 spiro atoms. The van der Waals surface area contributed by atoms with Crippen LogP contribution in [0.5, 0.6) is 0 Å². The lowest BCUT2D eigenvalue weighted by molar-refractivity contribution is -0.174. The first-order chi connectivity index (χ1) is 16.3. The third-order valence-electron chi connectivity index (χ3n) is 5.50. The first-order valence-electron chi connectivity index (χ1n) is 11.0. The summed E-state index contributed by atoms with van der Waals surface area (Å²) in [6.07, 6.45) is 3.69. The first-order valence-corrected chi connectivity index (χ1v) is 12.2. The zero-order valence-corrected chi connectivity index (χ0v) is 20.7. The van der Waals surface area contributed by atoms with Crippen LogP contribution < -0.4 is 5.32 Å². The first kappa shape index (κ1) is 26.3. The van der Waals surface area contributed by atoms with Gasteiger partial charge in [-0.3, -0.25) is 4.79 Å². The molecule has 1 aliphatic heterocycles. The number of halogens is 3. The molecule has 1 aliphatic rings.